The smallest absolute Gasteiger partial charge is 0.255 e. The van der Waals surface area contributed by atoms with Gasteiger partial charge in [-0.05, 0) is 54.8 Å². The van der Waals surface area contributed by atoms with Crippen molar-refractivity contribution < 1.29 is 14.4 Å². The fraction of sp³-hybridized carbons (Fsp3) is 0.222. The van der Waals surface area contributed by atoms with E-state index in [2.05, 4.69) is 20.8 Å². The van der Waals surface area contributed by atoms with Gasteiger partial charge in [0.1, 0.15) is 0 Å². The standard InChI is InChI=1S/C27H27N5O3/c1-17(2)24(18(3)33)29-27(35)22-10-7-15-32-25(30-31-26(22)32)20-11-13-21(14-12-20)28-23(34)16-19-8-5-4-6-9-19/h4-15,17,24H,16H2,1-3H3,(H,28,34)(H,29,35)/t24-/m0/s1. The normalized spacial score (nSPS) is 11.9. The first-order valence-electron chi connectivity index (χ1n) is 11.4. The Labute approximate surface area is 203 Å². The molecule has 35 heavy (non-hydrogen) atoms. The zero-order valence-corrected chi connectivity index (χ0v) is 19.9. The van der Waals surface area contributed by atoms with E-state index in [1.54, 1.807) is 34.9 Å². The summed E-state index contributed by atoms with van der Waals surface area (Å²) in [6, 6.07) is 19.7. The van der Waals surface area contributed by atoms with Crippen molar-refractivity contribution in [2.45, 2.75) is 33.2 Å². The van der Waals surface area contributed by atoms with Crippen LogP contribution in [-0.4, -0.2) is 38.2 Å². The zero-order chi connectivity index (χ0) is 24.9. The summed E-state index contributed by atoms with van der Waals surface area (Å²) >= 11 is 0. The van der Waals surface area contributed by atoms with Gasteiger partial charge in [0.25, 0.3) is 5.91 Å². The highest BCUT2D eigenvalue weighted by molar-refractivity contribution is 6.02. The van der Waals surface area contributed by atoms with Crippen LogP contribution in [0.3, 0.4) is 0 Å². The van der Waals surface area contributed by atoms with Crippen LogP contribution in [0.4, 0.5) is 5.69 Å². The molecule has 0 saturated carbocycles. The van der Waals surface area contributed by atoms with Crippen molar-refractivity contribution in [3.63, 3.8) is 0 Å². The summed E-state index contributed by atoms with van der Waals surface area (Å²) in [6.07, 6.45) is 2.07. The van der Waals surface area contributed by atoms with E-state index in [-0.39, 0.29) is 23.5 Å². The van der Waals surface area contributed by atoms with E-state index in [0.717, 1.165) is 11.1 Å². The maximum Gasteiger partial charge on any atom is 0.255 e. The van der Waals surface area contributed by atoms with Crippen molar-refractivity contribution >= 4 is 28.9 Å². The lowest BCUT2D eigenvalue weighted by atomic mass is 10.0. The molecule has 0 spiro atoms. The second-order valence-electron chi connectivity index (χ2n) is 8.73. The molecular weight excluding hydrogens is 442 g/mol. The summed E-state index contributed by atoms with van der Waals surface area (Å²) in [7, 11) is 0. The van der Waals surface area contributed by atoms with E-state index in [1.807, 2.05) is 56.3 Å². The van der Waals surface area contributed by atoms with E-state index in [1.165, 1.54) is 6.92 Å². The number of rotatable bonds is 8. The van der Waals surface area contributed by atoms with Crippen molar-refractivity contribution in [2.24, 2.45) is 5.92 Å². The first kappa shape index (κ1) is 23.8. The maximum absolute atomic E-state index is 12.9. The highest BCUT2D eigenvalue weighted by atomic mass is 16.2. The predicted molar refractivity (Wildman–Crippen MR) is 134 cm³/mol. The van der Waals surface area contributed by atoms with Gasteiger partial charge in [-0.2, -0.15) is 0 Å². The second kappa shape index (κ2) is 10.3. The molecule has 0 radical (unpaired) electrons. The number of carbonyl (C=O) groups excluding carboxylic acids is 3. The lowest BCUT2D eigenvalue weighted by Crippen LogP contribution is -2.43. The highest BCUT2D eigenvalue weighted by Crippen LogP contribution is 2.22. The Bertz CT molecular complexity index is 1360. The minimum atomic E-state index is -0.574. The second-order valence-corrected chi connectivity index (χ2v) is 8.73. The first-order valence-corrected chi connectivity index (χ1v) is 11.4. The van der Waals surface area contributed by atoms with Crippen molar-refractivity contribution in [1.82, 2.24) is 19.9 Å². The van der Waals surface area contributed by atoms with Crippen LogP contribution in [0.15, 0.2) is 72.9 Å². The minimum Gasteiger partial charge on any atom is -0.342 e. The molecule has 2 aromatic heterocycles. The Morgan fingerprint density at radius 2 is 1.63 bits per heavy atom. The molecule has 0 fully saturated rings. The van der Waals surface area contributed by atoms with Gasteiger partial charge in [0.15, 0.2) is 17.3 Å². The number of benzene rings is 2. The van der Waals surface area contributed by atoms with Crippen molar-refractivity contribution in [3.8, 4) is 11.4 Å². The first-order chi connectivity index (χ1) is 16.8. The number of Topliss-reactive ketones (excluding diaryl/α,β-unsaturated/α-hetero) is 1. The fourth-order valence-electron chi connectivity index (χ4n) is 3.94. The number of carbonyl (C=O) groups is 3. The third kappa shape index (κ3) is 5.43. The molecule has 2 N–H and O–H groups in total. The molecular formula is C27H27N5O3. The summed E-state index contributed by atoms with van der Waals surface area (Å²) in [4.78, 5) is 37.2. The third-order valence-electron chi connectivity index (χ3n) is 5.70. The van der Waals surface area contributed by atoms with Gasteiger partial charge >= 0.3 is 0 Å². The van der Waals surface area contributed by atoms with E-state index < -0.39 is 6.04 Å². The molecule has 0 saturated heterocycles. The number of fused-ring (bicyclic) bond motifs is 1. The molecule has 0 unspecified atom stereocenters. The number of nitrogens with one attached hydrogen (secondary N) is 2. The summed E-state index contributed by atoms with van der Waals surface area (Å²) in [6.45, 7) is 5.24. The summed E-state index contributed by atoms with van der Waals surface area (Å²) in [5.74, 6) is -0.0452. The van der Waals surface area contributed by atoms with Crippen LogP contribution in [0.25, 0.3) is 17.0 Å². The van der Waals surface area contributed by atoms with Gasteiger partial charge < -0.3 is 10.6 Å². The molecule has 2 heterocycles. The van der Waals surface area contributed by atoms with E-state index in [9.17, 15) is 14.4 Å². The molecule has 0 aliphatic carbocycles. The molecule has 178 valence electrons. The average molecular weight is 470 g/mol. The number of nitrogens with zero attached hydrogens (tertiary/aromatic N) is 3. The number of hydrogen-bond donors (Lipinski definition) is 2. The van der Waals surface area contributed by atoms with E-state index >= 15 is 0 Å². The van der Waals surface area contributed by atoms with Crippen molar-refractivity contribution in [3.05, 3.63) is 84.1 Å². The van der Waals surface area contributed by atoms with Crippen molar-refractivity contribution in [2.75, 3.05) is 5.32 Å². The lowest BCUT2D eigenvalue weighted by molar-refractivity contribution is -0.119. The molecule has 4 rings (SSSR count). The molecule has 8 heteroatoms. The minimum absolute atomic E-state index is 0.0312. The summed E-state index contributed by atoms with van der Waals surface area (Å²) in [5.41, 5.74) is 3.13. The Kier molecular flexibility index (Phi) is 7.01. The molecule has 1 atom stereocenters. The molecule has 8 nitrogen and oxygen atoms in total. The number of pyridine rings is 1. The maximum atomic E-state index is 12.9. The molecule has 2 amide bonds. The van der Waals surface area contributed by atoms with Gasteiger partial charge in [0.05, 0.1) is 18.0 Å². The van der Waals surface area contributed by atoms with Crippen LogP contribution in [0.1, 0.15) is 36.7 Å². The number of ketones is 1. The Balaban J connectivity index is 1.52. The van der Waals surface area contributed by atoms with Crippen LogP contribution in [-0.2, 0) is 16.0 Å². The van der Waals surface area contributed by atoms with E-state index in [4.69, 9.17) is 0 Å². The predicted octanol–water partition coefficient (Wildman–Crippen LogP) is 3.92. The fourth-order valence-corrected chi connectivity index (χ4v) is 3.94. The van der Waals surface area contributed by atoms with Gasteiger partial charge in [-0.25, -0.2) is 0 Å². The molecule has 0 aliphatic rings. The Morgan fingerprint density at radius 3 is 2.29 bits per heavy atom. The number of amides is 2. The monoisotopic (exact) mass is 469 g/mol. The SMILES string of the molecule is CC(=O)[C@@H](NC(=O)c1cccn2c(-c3ccc(NC(=O)Cc4ccccc4)cc3)nnc12)C(C)C. The third-order valence-corrected chi connectivity index (χ3v) is 5.70. The highest BCUT2D eigenvalue weighted by Gasteiger charge is 2.23. The molecule has 0 bridgehead atoms. The van der Waals surface area contributed by atoms with Gasteiger partial charge in [-0.1, -0.05) is 44.2 Å². The average Bonchev–Trinajstić information content (AvgIpc) is 3.27. The molecule has 2 aromatic carbocycles. The van der Waals surface area contributed by atoms with Gasteiger partial charge in [0, 0.05) is 17.4 Å². The number of anilines is 1. The molecule has 4 aromatic rings. The van der Waals surface area contributed by atoms with Gasteiger partial charge in [-0.15, -0.1) is 10.2 Å². The number of aromatic nitrogens is 3. The quantitative estimate of drug-likeness (QED) is 0.407. The Morgan fingerprint density at radius 1 is 0.914 bits per heavy atom. The van der Waals surface area contributed by atoms with Crippen LogP contribution in [0.2, 0.25) is 0 Å². The Hall–Kier alpha value is -4.33. The van der Waals surface area contributed by atoms with Crippen LogP contribution >= 0.6 is 0 Å². The summed E-state index contributed by atoms with van der Waals surface area (Å²) in [5, 5.41) is 14.2. The topological polar surface area (TPSA) is 105 Å². The zero-order valence-electron chi connectivity index (χ0n) is 19.9. The van der Waals surface area contributed by atoms with Gasteiger partial charge in [0.2, 0.25) is 5.91 Å². The van der Waals surface area contributed by atoms with Crippen LogP contribution in [0, 0.1) is 5.92 Å². The van der Waals surface area contributed by atoms with Crippen molar-refractivity contribution in [1.29, 1.82) is 0 Å². The number of hydrogen-bond acceptors (Lipinski definition) is 5. The summed E-state index contributed by atoms with van der Waals surface area (Å²) < 4.78 is 1.73. The largest absolute Gasteiger partial charge is 0.342 e. The van der Waals surface area contributed by atoms with E-state index in [0.29, 0.717) is 29.1 Å². The van der Waals surface area contributed by atoms with Gasteiger partial charge in [-0.3, -0.25) is 18.8 Å². The van der Waals surface area contributed by atoms with Crippen LogP contribution < -0.4 is 10.6 Å². The lowest BCUT2D eigenvalue weighted by Gasteiger charge is -2.19. The molecule has 0 aliphatic heterocycles. The van der Waals surface area contributed by atoms with Crippen LogP contribution in [0.5, 0.6) is 0 Å².